The van der Waals surface area contributed by atoms with Crippen molar-refractivity contribution in [2.24, 2.45) is 5.73 Å². The minimum absolute atomic E-state index is 0.142. The van der Waals surface area contributed by atoms with Crippen molar-refractivity contribution in [3.8, 4) is 11.8 Å². The van der Waals surface area contributed by atoms with Gasteiger partial charge < -0.3 is 15.8 Å². The number of thiophene rings is 1. The van der Waals surface area contributed by atoms with Crippen LogP contribution in [0.15, 0.2) is 15.1 Å². The van der Waals surface area contributed by atoms with Crippen LogP contribution in [0.1, 0.15) is 10.4 Å². The molecule has 2 heterocycles. The second-order valence-electron chi connectivity index (χ2n) is 3.30. The Hall–Kier alpha value is -1.98. The number of thioether (sulfide) groups is 1. The number of primary amides is 1. The fourth-order valence-corrected chi connectivity index (χ4v) is 3.60. The summed E-state index contributed by atoms with van der Waals surface area (Å²) < 4.78 is 0.889. The third-order valence-corrected chi connectivity index (χ3v) is 4.49. The van der Waals surface area contributed by atoms with E-state index in [0.717, 1.165) is 29.2 Å². The van der Waals surface area contributed by atoms with Crippen LogP contribution in [-0.4, -0.2) is 21.8 Å². The molecular formula is C10H7N3O3S2. The number of nitrogens with zero attached hydrogens (tertiary/aromatic N) is 1. The standard InChI is InChI=1S/C10H7N3O3S2/c11-1-2-17-10-6(9(12)16)7-8(18-10)4(14)3-5(15)13-7/h3H,2H2,(H2,12,16)(H2,13,14,15). The van der Waals surface area contributed by atoms with E-state index in [9.17, 15) is 14.7 Å². The van der Waals surface area contributed by atoms with Crippen LogP contribution in [0.5, 0.6) is 5.75 Å². The number of aromatic hydroxyl groups is 1. The zero-order valence-electron chi connectivity index (χ0n) is 8.89. The Kier molecular flexibility index (Phi) is 3.27. The van der Waals surface area contributed by atoms with Gasteiger partial charge in [0.15, 0.2) is 0 Å². The summed E-state index contributed by atoms with van der Waals surface area (Å²) in [6, 6.07) is 2.97. The summed E-state index contributed by atoms with van der Waals surface area (Å²) in [5.74, 6) is -0.758. The first-order valence-electron chi connectivity index (χ1n) is 4.73. The van der Waals surface area contributed by atoms with Gasteiger partial charge in [-0.1, -0.05) is 11.8 Å². The fourth-order valence-electron chi connectivity index (χ4n) is 1.48. The summed E-state index contributed by atoms with van der Waals surface area (Å²) in [5.41, 5.74) is 5.11. The lowest BCUT2D eigenvalue weighted by molar-refractivity contribution is 0.0999. The summed E-state index contributed by atoms with van der Waals surface area (Å²) in [6.07, 6.45) is 0. The molecule has 2 aromatic heterocycles. The first-order chi connectivity index (χ1) is 8.54. The van der Waals surface area contributed by atoms with Gasteiger partial charge in [0, 0.05) is 6.07 Å². The van der Waals surface area contributed by atoms with Gasteiger partial charge in [0.25, 0.3) is 11.5 Å². The number of H-pyrrole nitrogens is 1. The van der Waals surface area contributed by atoms with Crippen LogP contribution in [0, 0.1) is 11.3 Å². The van der Waals surface area contributed by atoms with Gasteiger partial charge >= 0.3 is 0 Å². The lowest BCUT2D eigenvalue weighted by atomic mass is 10.2. The number of nitrogens with one attached hydrogen (secondary N) is 1. The Balaban J connectivity index is 2.76. The molecule has 0 saturated carbocycles. The number of nitrogens with two attached hydrogens (primary N) is 1. The van der Waals surface area contributed by atoms with Crippen molar-refractivity contribution in [2.45, 2.75) is 4.21 Å². The van der Waals surface area contributed by atoms with E-state index < -0.39 is 11.5 Å². The minimum atomic E-state index is -0.706. The van der Waals surface area contributed by atoms with Crippen molar-refractivity contribution in [3.63, 3.8) is 0 Å². The Morgan fingerprint density at radius 3 is 3.00 bits per heavy atom. The molecule has 0 atom stereocenters. The van der Waals surface area contributed by atoms with Gasteiger partial charge in [-0.25, -0.2) is 0 Å². The van der Waals surface area contributed by atoms with Gasteiger partial charge in [-0.15, -0.1) is 11.3 Å². The molecule has 0 saturated heterocycles. The van der Waals surface area contributed by atoms with Crippen LogP contribution in [0.3, 0.4) is 0 Å². The number of rotatable bonds is 3. The molecule has 18 heavy (non-hydrogen) atoms. The third kappa shape index (κ3) is 2.05. The molecule has 6 nitrogen and oxygen atoms in total. The zero-order valence-corrected chi connectivity index (χ0v) is 10.5. The number of hydrogen-bond donors (Lipinski definition) is 3. The van der Waals surface area contributed by atoms with Crippen LogP contribution >= 0.6 is 23.1 Å². The van der Waals surface area contributed by atoms with E-state index in [1.54, 1.807) is 0 Å². The molecule has 0 spiro atoms. The van der Waals surface area contributed by atoms with E-state index in [-0.39, 0.29) is 22.6 Å². The highest BCUT2D eigenvalue weighted by Gasteiger charge is 2.20. The topological polar surface area (TPSA) is 120 Å². The summed E-state index contributed by atoms with van der Waals surface area (Å²) in [4.78, 5) is 25.2. The van der Waals surface area contributed by atoms with Gasteiger partial charge in [0.05, 0.1) is 31.8 Å². The molecule has 0 aliphatic heterocycles. The summed E-state index contributed by atoms with van der Waals surface area (Å²) in [5, 5.41) is 18.2. The third-order valence-electron chi connectivity index (χ3n) is 2.14. The van der Waals surface area contributed by atoms with E-state index >= 15 is 0 Å². The lowest BCUT2D eigenvalue weighted by Crippen LogP contribution is -2.13. The largest absolute Gasteiger partial charge is 0.506 e. The molecule has 4 N–H and O–H groups in total. The normalized spacial score (nSPS) is 10.4. The zero-order chi connectivity index (χ0) is 13.3. The Morgan fingerprint density at radius 2 is 2.39 bits per heavy atom. The maximum atomic E-state index is 11.4. The van der Waals surface area contributed by atoms with E-state index in [2.05, 4.69) is 4.98 Å². The van der Waals surface area contributed by atoms with Gasteiger partial charge in [-0.2, -0.15) is 5.26 Å². The van der Waals surface area contributed by atoms with Crippen molar-refractivity contribution in [3.05, 3.63) is 22.0 Å². The maximum Gasteiger partial charge on any atom is 0.252 e. The molecule has 2 aromatic rings. The molecule has 0 unspecified atom stereocenters. The molecule has 0 aliphatic carbocycles. The first-order valence-corrected chi connectivity index (χ1v) is 6.53. The number of fused-ring (bicyclic) bond motifs is 1. The number of amides is 1. The van der Waals surface area contributed by atoms with Gasteiger partial charge in [-0.3, -0.25) is 9.59 Å². The SMILES string of the molecule is N#CCSc1sc2c(O)cc(=O)[nH]c2c1C(N)=O. The van der Waals surface area contributed by atoms with Crippen molar-refractivity contribution in [2.75, 3.05) is 5.75 Å². The maximum absolute atomic E-state index is 11.4. The molecule has 0 aromatic carbocycles. The van der Waals surface area contributed by atoms with E-state index in [0.29, 0.717) is 8.91 Å². The van der Waals surface area contributed by atoms with Crippen LogP contribution in [0.25, 0.3) is 10.2 Å². The van der Waals surface area contributed by atoms with Gasteiger partial charge in [0.2, 0.25) is 0 Å². The molecule has 0 radical (unpaired) electrons. The average molecular weight is 281 g/mol. The Morgan fingerprint density at radius 1 is 1.67 bits per heavy atom. The fraction of sp³-hybridized carbons (Fsp3) is 0.100. The highest BCUT2D eigenvalue weighted by molar-refractivity contribution is 8.01. The predicted octanol–water partition coefficient (Wildman–Crippen LogP) is 1.01. The highest BCUT2D eigenvalue weighted by Crippen LogP contribution is 2.39. The smallest absolute Gasteiger partial charge is 0.252 e. The first kappa shape index (κ1) is 12.5. The van der Waals surface area contributed by atoms with Crippen LogP contribution in [-0.2, 0) is 0 Å². The van der Waals surface area contributed by atoms with Gasteiger partial charge in [-0.05, 0) is 0 Å². The molecule has 8 heteroatoms. The molecule has 2 rings (SSSR count). The van der Waals surface area contributed by atoms with Crippen molar-refractivity contribution in [1.29, 1.82) is 5.26 Å². The molecule has 0 fully saturated rings. The number of nitriles is 1. The quantitative estimate of drug-likeness (QED) is 0.725. The molecule has 0 bridgehead atoms. The molecule has 1 amide bonds. The number of pyridine rings is 1. The Bertz CT molecular complexity index is 726. The molecule has 0 aliphatic rings. The second kappa shape index (κ2) is 4.72. The number of hydrogen-bond acceptors (Lipinski definition) is 6. The Labute approximate surface area is 109 Å². The summed E-state index contributed by atoms with van der Waals surface area (Å²) in [7, 11) is 0. The number of carbonyl (C=O) groups excluding carboxylic acids is 1. The van der Waals surface area contributed by atoms with E-state index in [1.807, 2.05) is 6.07 Å². The second-order valence-corrected chi connectivity index (χ2v) is 5.56. The van der Waals surface area contributed by atoms with Crippen molar-refractivity contribution >= 4 is 39.2 Å². The van der Waals surface area contributed by atoms with E-state index in [1.165, 1.54) is 0 Å². The molecular weight excluding hydrogens is 274 g/mol. The minimum Gasteiger partial charge on any atom is -0.506 e. The van der Waals surface area contributed by atoms with E-state index in [4.69, 9.17) is 11.0 Å². The van der Waals surface area contributed by atoms with Crippen molar-refractivity contribution in [1.82, 2.24) is 4.98 Å². The highest BCUT2D eigenvalue weighted by atomic mass is 32.2. The monoisotopic (exact) mass is 281 g/mol. The van der Waals surface area contributed by atoms with Crippen LogP contribution in [0.2, 0.25) is 0 Å². The van der Waals surface area contributed by atoms with Crippen LogP contribution in [0.4, 0.5) is 0 Å². The number of aromatic amines is 1. The number of carbonyl (C=O) groups is 1. The molecule has 92 valence electrons. The number of aromatic nitrogens is 1. The lowest BCUT2D eigenvalue weighted by Gasteiger charge is -1.97. The average Bonchev–Trinajstić information content (AvgIpc) is 2.64. The van der Waals surface area contributed by atoms with Gasteiger partial charge in [0.1, 0.15) is 5.75 Å². The predicted molar refractivity (Wildman–Crippen MR) is 69.0 cm³/mol. The van der Waals surface area contributed by atoms with Crippen LogP contribution < -0.4 is 11.3 Å². The summed E-state index contributed by atoms with van der Waals surface area (Å²) in [6.45, 7) is 0. The van der Waals surface area contributed by atoms with Crippen molar-refractivity contribution < 1.29 is 9.90 Å². The summed E-state index contributed by atoms with van der Waals surface area (Å²) >= 11 is 2.26.